The van der Waals surface area contributed by atoms with E-state index >= 15 is 0 Å². The molecule has 140 valence electrons. The highest BCUT2D eigenvalue weighted by Crippen LogP contribution is 2.38. The molecule has 0 amide bonds. The fraction of sp³-hybridized carbons (Fsp3) is 0.385. The summed E-state index contributed by atoms with van der Waals surface area (Å²) in [5.41, 5.74) is 5.63. The number of likely N-dealkylation sites (N-methyl/N-ethyl adjacent to an activating group) is 1. The molecule has 25 heavy (non-hydrogen) atoms. The number of benzene rings is 1. The lowest BCUT2D eigenvalue weighted by molar-refractivity contribution is 0.0835. The van der Waals surface area contributed by atoms with Crippen molar-refractivity contribution >= 4 is 31.8 Å². The monoisotopic (exact) mass is 409 g/mol. The third kappa shape index (κ3) is 3.16. The summed E-state index contributed by atoms with van der Waals surface area (Å²) in [6, 6.07) is 7.32. The second-order valence-corrected chi connectivity index (χ2v) is 9.73. The number of piperazine rings is 1. The SMILES string of the molecule is C=C1N(Cl)C(N(C)C)CN(S(=O)(=O)c2ccccc2)C1(N)S(N)(=O)=O. The van der Waals surface area contributed by atoms with Crippen molar-refractivity contribution in [3.63, 3.8) is 0 Å². The summed E-state index contributed by atoms with van der Waals surface area (Å²) in [4.78, 5) is -1.13. The third-order valence-electron chi connectivity index (χ3n) is 3.99. The quantitative estimate of drug-likeness (QED) is 0.638. The first-order valence-corrected chi connectivity index (χ1v) is 10.4. The van der Waals surface area contributed by atoms with Crippen molar-refractivity contribution in [2.45, 2.75) is 16.1 Å². The van der Waals surface area contributed by atoms with Gasteiger partial charge in [-0.1, -0.05) is 24.8 Å². The number of hydrogen-bond acceptors (Lipinski definition) is 7. The van der Waals surface area contributed by atoms with Gasteiger partial charge in [0.1, 0.15) is 6.17 Å². The van der Waals surface area contributed by atoms with Gasteiger partial charge in [-0.25, -0.2) is 22.0 Å². The number of hydrogen-bond donors (Lipinski definition) is 2. The molecule has 0 spiro atoms. The first-order valence-electron chi connectivity index (χ1n) is 7.05. The highest BCUT2D eigenvalue weighted by atomic mass is 35.5. The van der Waals surface area contributed by atoms with Crippen molar-refractivity contribution in [1.29, 1.82) is 0 Å². The predicted molar refractivity (Wildman–Crippen MR) is 94.7 cm³/mol. The van der Waals surface area contributed by atoms with Gasteiger partial charge < -0.3 is 0 Å². The lowest BCUT2D eigenvalue weighted by atomic mass is 10.2. The molecule has 1 fully saturated rings. The van der Waals surface area contributed by atoms with Gasteiger partial charge in [0, 0.05) is 11.8 Å². The second kappa shape index (κ2) is 6.50. The maximum Gasteiger partial charge on any atom is 0.249 e. The molecule has 0 bridgehead atoms. The lowest BCUT2D eigenvalue weighted by Gasteiger charge is -2.50. The summed E-state index contributed by atoms with van der Waals surface area (Å²) >= 11 is 6.15. The molecule has 0 radical (unpaired) electrons. The summed E-state index contributed by atoms with van der Waals surface area (Å²) in [7, 11) is -5.61. The molecule has 1 aromatic rings. The van der Waals surface area contributed by atoms with Gasteiger partial charge in [0.15, 0.2) is 0 Å². The van der Waals surface area contributed by atoms with E-state index < -0.39 is 31.2 Å². The van der Waals surface area contributed by atoms with Gasteiger partial charge in [-0.3, -0.25) is 15.1 Å². The van der Waals surface area contributed by atoms with E-state index in [1.54, 1.807) is 25.1 Å². The molecule has 2 unspecified atom stereocenters. The minimum Gasteiger partial charge on any atom is -0.293 e. The van der Waals surface area contributed by atoms with E-state index in [1.807, 2.05) is 0 Å². The number of nitrogens with zero attached hydrogens (tertiary/aromatic N) is 3. The van der Waals surface area contributed by atoms with Crippen LogP contribution in [0.5, 0.6) is 0 Å². The van der Waals surface area contributed by atoms with Crippen LogP contribution in [0.1, 0.15) is 0 Å². The Kier molecular flexibility index (Phi) is 5.23. The van der Waals surface area contributed by atoms with E-state index in [0.29, 0.717) is 4.31 Å². The molecule has 1 heterocycles. The number of rotatable bonds is 4. The third-order valence-corrected chi connectivity index (χ3v) is 7.75. The van der Waals surface area contributed by atoms with E-state index in [4.69, 9.17) is 22.6 Å². The van der Waals surface area contributed by atoms with E-state index in [-0.39, 0.29) is 17.1 Å². The first kappa shape index (κ1) is 20.1. The van der Waals surface area contributed by atoms with Crippen molar-refractivity contribution in [2.24, 2.45) is 10.9 Å². The van der Waals surface area contributed by atoms with Gasteiger partial charge in [-0.15, -0.1) is 0 Å². The molecule has 4 N–H and O–H groups in total. The number of sulfonamides is 2. The molecular weight excluding hydrogens is 390 g/mol. The molecule has 2 rings (SSSR count). The van der Waals surface area contributed by atoms with E-state index in [2.05, 4.69) is 6.58 Å². The van der Waals surface area contributed by atoms with Crippen LogP contribution < -0.4 is 10.9 Å². The van der Waals surface area contributed by atoms with Crippen LogP contribution in [-0.4, -0.2) is 62.3 Å². The first-order chi connectivity index (χ1) is 11.3. The molecule has 1 aliphatic rings. The molecule has 0 aliphatic carbocycles. The predicted octanol–water partition coefficient (Wildman–Crippen LogP) is -0.551. The molecule has 1 aromatic carbocycles. The Labute approximate surface area is 152 Å². The molecule has 0 saturated carbocycles. The molecule has 2 atom stereocenters. The molecule has 9 nitrogen and oxygen atoms in total. The number of primary sulfonamides is 1. The van der Waals surface area contributed by atoms with Crippen LogP contribution in [0, 0.1) is 0 Å². The van der Waals surface area contributed by atoms with Crippen LogP contribution in [0.25, 0.3) is 0 Å². The zero-order valence-corrected chi connectivity index (χ0v) is 16.1. The Morgan fingerprint density at radius 2 is 1.76 bits per heavy atom. The van der Waals surface area contributed by atoms with Crippen molar-refractivity contribution in [1.82, 2.24) is 13.6 Å². The summed E-state index contributed by atoms with van der Waals surface area (Å²) in [5.74, 6) is 0. The smallest absolute Gasteiger partial charge is 0.249 e. The average Bonchev–Trinajstić information content (AvgIpc) is 2.52. The fourth-order valence-electron chi connectivity index (χ4n) is 2.50. The summed E-state index contributed by atoms with van der Waals surface area (Å²) in [6.07, 6.45) is -0.703. The lowest BCUT2D eigenvalue weighted by Crippen LogP contribution is -2.74. The van der Waals surface area contributed by atoms with E-state index in [0.717, 1.165) is 4.42 Å². The zero-order chi connectivity index (χ0) is 19.2. The van der Waals surface area contributed by atoms with Gasteiger partial charge in [0.25, 0.3) is 0 Å². The number of nitrogens with two attached hydrogens (primary N) is 2. The average molecular weight is 410 g/mol. The highest BCUT2D eigenvalue weighted by molar-refractivity contribution is 7.93. The van der Waals surface area contributed by atoms with Crippen LogP contribution in [-0.2, 0) is 20.0 Å². The minimum atomic E-state index is -4.62. The van der Waals surface area contributed by atoms with Crippen LogP contribution >= 0.6 is 11.8 Å². The molecule has 1 aliphatic heterocycles. The van der Waals surface area contributed by atoms with Crippen LogP contribution in [0.2, 0.25) is 0 Å². The highest BCUT2D eigenvalue weighted by Gasteiger charge is 2.58. The van der Waals surface area contributed by atoms with Gasteiger partial charge in [0.2, 0.25) is 25.0 Å². The van der Waals surface area contributed by atoms with E-state index in [1.165, 1.54) is 24.3 Å². The maximum atomic E-state index is 13.1. The molecule has 0 aromatic heterocycles. The Hall–Kier alpha value is -1.21. The molecule has 1 saturated heterocycles. The largest absolute Gasteiger partial charge is 0.293 e. The Morgan fingerprint density at radius 3 is 2.20 bits per heavy atom. The maximum absolute atomic E-state index is 13.1. The van der Waals surface area contributed by atoms with Crippen LogP contribution in [0.15, 0.2) is 47.5 Å². The fourth-order valence-corrected chi connectivity index (χ4v) is 5.86. The van der Waals surface area contributed by atoms with Crippen LogP contribution in [0.4, 0.5) is 0 Å². The number of halogens is 1. The second-order valence-electron chi connectivity index (χ2n) is 5.79. The van der Waals surface area contributed by atoms with E-state index in [9.17, 15) is 16.8 Å². The van der Waals surface area contributed by atoms with Gasteiger partial charge in [-0.05, 0) is 26.2 Å². The topological polar surface area (TPSA) is 130 Å². The van der Waals surface area contributed by atoms with Gasteiger partial charge in [0.05, 0.1) is 17.1 Å². The normalized spacial score (nSPS) is 26.2. The van der Waals surface area contributed by atoms with Gasteiger partial charge in [-0.2, -0.15) is 4.31 Å². The Balaban J connectivity index is 2.71. The zero-order valence-electron chi connectivity index (χ0n) is 13.7. The standard InChI is InChI=1S/C13H20ClN5O4S2/c1-10-13(15,25(16,22)23)18(9-12(17(2)3)19(10)14)24(20,21)11-7-5-4-6-8-11/h4-8,12H,1,9,15H2,2-3H3,(H2,16,22,23). The Morgan fingerprint density at radius 1 is 1.24 bits per heavy atom. The summed E-state index contributed by atoms with van der Waals surface area (Å²) in [6.45, 7) is 3.25. The van der Waals surface area contributed by atoms with Crippen molar-refractivity contribution in [2.75, 3.05) is 20.6 Å². The van der Waals surface area contributed by atoms with Crippen molar-refractivity contribution in [3.8, 4) is 0 Å². The Bertz CT molecular complexity index is 875. The van der Waals surface area contributed by atoms with Crippen LogP contribution in [0.3, 0.4) is 0 Å². The molecular formula is C13H20ClN5O4S2. The minimum absolute atomic E-state index is 0.123. The molecule has 12 heteroatoms. The van der Waals surface area contributed by atoms with Crippen molar-refractivity contribution in [3.05, 3.63) is 42.6 Å². The summed E-state index contributed by atoms with van der Waals surface area (Å²) < 4.78 is 52.2. The van der Waals surface area contributed by atoms with Gasteiger partial charge >= 0.3 is 0 Å². The summed E-state index contributed by atoms with van der Waals surface area (Å²) in [5, 5.41) is 5.27. The van der Waals surface area contributed by atoms with Crippen molar-refractivity contribution < 1.29 is 16.8 Å².